The van der Waals surface area contributed by atoms with Crippen molar-refractivity contribution in [2.45, 2.75) is 39.8 Å². The molecule has 0 unspecified atom stereocenters. The minimum atomic E-state index is -0.895. The Morgan fingerprint density at radius 3 is 2.55 bits per heavy atom. The zero-order valence-electron chi connectivity index (χ0n) is 17.7. The summed E-state index contributed by atoms with van der Waals surface area (Å²) < 4.78 is 15.9. The molecule has 7 nitrogen and oxygen atoms in total. The minimum Gasteiger partial charge on any atom is -0.445 e. The van der Waals surface area contributed by atoms with E-state index in [9.17, 15) is 14.4 Å². The fourth-order valence-corrected chi connectivity index (χ4v) is 3.11. The van der Waals surface area contributed by atoms with Crippen LogP contribution in [-0.4, -0.2) is 18.1 Å². The summed E-state index contributed by atoms with van der Waals surface area (Å²) in [6.07, 6.45) is -0.0592. The molecule has 0 fully saturated rings. The average molecular weight is 423 g/mol. The number of hydrogen-bond donors (Lipinski definition) is 1. The first kappa shape index (κ1) is 22.1. The molecule has 0 radical (unpaired) electrons. The van der Waals surface area contributed by atoms with Crippen molar-refractivity contribution in [2.75, 3.05) is 0 Å². The van der Waals surface area contributed by atoms with Gasteiger partial charge >= 0.3 is 17.7 Å². The fourth-order valence-electron chi connectivity index (χ4n) is 3.11. The van der Waals surface area contributed by atoms with E-state index in [1.54, 1.807) is 19.1 Å². The lowest BCUT2D eigenvalue weighted by Crippen LogP contribution is -2.47. The highest BCUT2D eigenvalue weighted by molar-refractivity contribution is 5.85. The second kappa shape index (κ2) is 9.93. The van der Waals surface area contributed by atoms with Crippen LogP contribution < -0.4 is 15.7 Å². The Balaban J connectivity index is 1.70. The van der Waals surface area contributed by atoms with Crippen LogP contribution in [0.25, 0.3) is 11.0 Å². The van der Waals surface area contributed by atoms with Crippen LogP contribution in [0, 0.1) is 12.8 Å². The summed E-state index contributed by atoms with van der Waals surface area (Å²) in [7, 11) is 0. The zero-order chi connectivity index (χ0) is 22.4. The van der Waals surface area contributed by atoms with E-state index in [4.69, 9.17) is 13.9 Å². The first-order valence-electron chi connectivity index (χ1n) is 10.1. The van der Waals surface area contributed by atoms with Crippen LogP contribution in [0.5, 0.6) is 5.75 Å². The van der Waals surface area contributed by atoms with Crippen LogP contribution in [0.4, 0.5) is 4.79 Å². The molecule has 0 aliphatic carbocycles. The maximum Gasteiger partial charge on any atom is 0.408 e. The van der Waals surface area contributed by atoms with Gasteiger partial charge in [-0.05, 0) is 36.1 Å². The molecule has 1 heterocycles. The molecule has 1 amide bonds. The second-order valence-electron chi connectivity index (χ2n) is 7.40. The van der Waals surface area contributed by atoms with Gasteiger partial charge in [0.25, 0.3) is 0 Å². The number of aryl methyl sites for hydroxylation is 1. The smallest absolute Gasteiger partial charge is 0.408 e. The Labute approximate surface area is 180 Å². The Kier molecular flexibility index (Phi) is 7.07. The van der Waals surface area contributed by atoms with Gasteiger partial charge in [0.15, 0.2) is 0 Å². The van der Waals surface area contributed by atoms with Crippen LogP contribution in [0.1, 0.15) is 31.4 Å². The number of fused-ring (bicyclic) bond motifs is 1. The van der Waals surface area contributed by atoms with E-state index in [0.717, 1.165) is 16.5 Å². The third kappa shape index (κ3) is 5.72. The van der Waals surface area contributed by atoms with Crippen LogP contribution in [0.15, 0.2) is 63.8 Å². The highest BCUT2D eigenvalue weighted by atomic mass is 16.6. The second-order valence-corrected chi connectivity index (χ2v) is 7.40. The molecule has 0 aliphatic rings. The van der Waals surface area contributed by atoms with Crippen LogP contribution in [0.3, 0.4) is 0 Å². The first-order chi connectivity index (χ1) is 14.9. The Bertz CT molecular complexity index is 1120. The standard InChI is InChI=1S/C24H25NO6/c1-4-15(2)22(25-24(28)29-14-17-8-6-5-7-9-17)23(27)30-18-10-11-19-16(3)12-21(26)31-20(19)13-18/h5-13,15,22H,4,14H2,1-3H3,(H,25,28)/t15-,22+/m0/s1. The molecule has 162 valence electrons. The summed E-state index contributed by atoms with van der Waals surface area (Å²) in [6, 6.07) is 14.6. The molecule has 1 N–H and O–H groups in total. The summed E-state index contributed by atoms with van der Waals surface area (Å²) in [5.41, 5.74) is 1.46. The van der Waals surface area contributed by atoms with Crippen molar-refractivity contribution in [3.05, 3.63) is 76.1 Å². The summed E-state index contributed by atoms with van der Waals surface area (Å²) >= 11 is 0. The average Bonchev–Trinajstić information content (AvgIpc) is 2.75. The molecule has 2 aromatic carbocycles. The third-order valence-corrected chi connectivity index (χ3v) is 5.09. The molecule has 31 heavy (non-hydrogen) atoms. The van der Waals surface area contributed by atoms with Gasteiger partial charge in [0.2, 0.25) is 0 Å². The number of rotatable bonds is 7. The molecule has 0 saturated carbocycles. The van der Waals surface area contributed by atoms with Crippen molar-refractivity contribution in [1.82, 2.24) is 5.32 Å². The normalized spacial score (nSPS) is 12.7. The van der Waals surface area contributed by atoms with E-state index in [1.165, 1.54) is 12.1 Å². The summed E-state index contributed by atoms with van der Waals surface area (Å²) in [6.45, 7) is 5.65. The molecule has 2 atom stereocenters. The number of carbonyl (C=O) groups is 2. The predicted molar refractivity (Wildman–Crippen MR) is 116 cm³/mol. The van der Waals surface area contributed by atoms with E-state index in [0.29, 0.717) is 12.0 Å². The Morgan fingerprint density at radius 2 is 1.84 bits per heavy atom. The number of nitrogens with one attached hydrogen (secondary N) is 1. The molecule has 3 aromatic rings. The molecular formula is C24H25NO6. The highest BCUT2D eigenvalue weighted by Gasteiger charge is 2.28. The van der Waals surface area contributed by atoms with Gasteiger partial charge < -0.3 is 19.2 Å². The number of alkyl carbamates (subject to hydrolysis) is 1. The van der Waals surface area contributed by atoms with Crippen molar-refractivity contribution >= 4 is 23.0 Å². The van der Waals surface area contributed by atoms with E-state index in [-0.39, 0.29) is 18.3 Å². The van der Waals surface area contributed by atoms with Gasteiger partial charge in [-0.1, -0.05) is 50.6 Å². The lowest BCUT2D eigenvalue weighted by molar-refractivity contribution is -0.138. The first-order valence-corrected chi connectivity index (χ1v) is 10.1. The number of ether oxygens (including phenoxy) is 2. The molecule has 1 aromatic heterocycles. The largest absolute Gasteiger partial charge is 0.445 e. The number of hydrogen-bond acceptors (Lipinski definition) is 6. The number of carbonyl (C=O) groups excluding carboxylic acids is 2. The van der Waals surface area contributed by atoms with Gasteiger partial charge in [0.05, 0.1) is 0 Å². The summed E-state index contributed by atoms with van der Waals surface area (Å²) in [5, 5.41) is 3.35. The van der Waals surface area contributed by atoms with Crippen LogP contribution in [-0.2, 0) is 16.1 Å². The van der Waals surface area contributed by atoms with Crippen LogP contribution >= 0.6 is 0 Å². The maximum absolute atomic E-state index is 12.8. The van der Waals surface area contributed by atoms with Crippen molar-refractivity contribution in [2.24, 2.45) is 5.92 Å². The minimum absolute atomic E-state index is 0.0952. The summed E-state index contributed by atoms with van der Waals surface area (Å²) in [4.78, 5) is 36.7. The monoisotopic (exact) mass is 423 g/mol. The quantitative estimate of drug-likeness (QED) is 0.345. The van der Waals surface area contributed by atoms with Gasteiger partial charge in [0.1, 0.15) is 24.0 Å². The van der Waals surface area contributed by atoms with Crippen molar-refractivity contribution in [3.63, 3.8) is 0 Å². The molecule has 7 heteroatoms. The zero-order valence-corrected chi connectivity index (χ0v) is 17.7. The molecule has 0 spiro atoms. The predicted octanol–water partition coefficient (Wildman–Crippen LogP) is 4.35. The van der Waals surface area contributed by atoms with Gasteiger partial charge in [-0.2, -0.15) is 0 Å². The van der Waals surface area contributed by atoms with Crippen molar-refractivity contribution < 1.29 is 23.5 Å². The summed E-state index contributed by atoms with van der Waals surface area (Å²) in [5.74, 6) is -0.586. The van der Waals surface area contributed by atoms with Gasteiger partial charge in [-0.15, -0.1) is 0 Å². The maximum atomic E-state index is 12.8. The fraction of sp³-hybridized carbons (Fsp3) is 0.292. The van der Waals surface area contributed by atoms with E-state index in [1.807, 2.05) is 44.2 Å². The third-order valence-electron chi connectivity index (χ3n) is 5.09. The lowest BCUT2D eigenvalue weighted by Gasteiger charge is -2.22. The van der Waals surface area contributed by atoms with Crippen molar-refractivity contribution in [1.29, 1.82) is 0 Å². The SMILES string of the molecule is CC[C@H](C)[C@@H](NC(=O)OCc1ccccc1)C(=O)Oc1ccc2c(C)cc(=O)oc2c1. The van der Waals surface area contributed by atoms with Gasteiger partial charge in [-0.3, -0.25) is 0 Å². The number of amides is 1. The van der Waals surface area contributed by atoms with E-state index < -0.39 is 23.7 Å². The molecule has 0 saturated heterocycles. The Morgan fingerprint density at radius 1 is 1.10 bits per heavy atom. The molecule has 3 rings (SSSR count). The Hall–Kier alpha value is -3.61. The number of esters is 1. The van der Waals surface area contributed by atoms with Gasteiger partial charge in [0, 0.05) is 17.5 Å². The molecule has 0 aliphatic heterocycles. The topological polar surface area (TPSA) is 94.8 Å². The van der Waals surface area contributed by atoms with E-state index >= 15 is 0 Å². The van der Waals surface area contributed by atoms with Gasteiger partial charge in [-0.25, -0.2) is 14.4 Å². The van der Waals surface area contributed by atoms with E-state index in [2.05, 4.69) is 5.32 Å². The van der Waals surface area contributed by atoms with Crippen molar-refractivity contribution in [3.8, 4) is 5.75 Å². The molecular weight excluding hydrogens is 398 g/mol. The highest BCUT2D eigenvalue weighted by Crippen LogP contribution is 2.23. The molecule has 0 bridgehead atoms. The van der Waals surface area contributed by atoms with Crippen LogP contribution in [0.2, 0.25) is 0 Å². The lowest BCUT2D eigenvalue weighted by atomic mass is 9.99. The number of benzene rings is 2.